The van der Waals surface area contributed by atoms with E-state index in [0.29, 0.717) is 29.6 Å². The van der Waals surface area contributed by atoms with E-state index in [0.717, 1.165) is 47.3 Å². The molecule has 150 valence electrons. The number of hydrogen-bond acceptors (Lipinski definition) is 3. The van der Waals surface area contributed by atoms with Crippen molar-refractivity contribution in [1.82, 2.24) is 4.90 Å². The molecule has 5 nitrogen and oxygen atoms in total. The molecule has 0 unspecified atom stereocenters. The summed E-state index contributed by atoms with van der Waals surface area (Å²) >= 11 is 12.5. The Balaban J connectivity index is 1.69. The number of hydrogen-bond donors (Lipinski definition) is 1. The molecule has 2 aromatic carbocycles. The van der Waals surface area contributed by atoms with Gasteiger partial charge in [0, 0.05) is 59.2 Å². The van der Waals surface area contributed by atoms with Gasteiger partial charge >= 0.3 is 6.09 Å². The van der Waals surface area contributed by atoms with Gasteiger partial charge in [-0.1, -0.05) is 29.3 Å². The van der Waals surface area contributed by atoms with E-state index in [9.17, 15) is 14.7 Å². The van der Waals surface area contributed by atoms with Crippen LogP contribution < -0.4 is 4.90 Å². The van der Waals surface area contributed by atoms with Crippen molar-refractivity contribution in [2.45, 2.75) is 31.2 Å². The molecule has 0 saturated carbocycles. The number of amides is 1. The predicted octanol–water partition coefficient (Wildman–Crippen LogP) is 5.29. The van der Waals surface area contributed by atoms with Crippen molar-refractivity contribution in [1.29, 1.82) is 0 Å². The first-order valence-electron chi connectivity index (χ1n) is 9.85. The Bertz CT molecular complexity index is 1040. The van der Waals surface area contributed by atoms with Crippen LogP contribution in [0.15, 0.2) is 30.3 Å². The Morgan fingerprint density at radius 1 is 1.10 bits per heavy atom. The van der Waals surface area contributed by atoms with E-state index in [-0.39, 0.29) is 17.7 Å². The Hall–Kier alpha value is -2.24. The molecule has 1 amide bonds. The summed E-state index contributed by atoms with van der Waals surface area (Å²) in [4.78, 5) is 28.4. The molecule has 2 aromatic rings. The Kier molecular flexibility index (Phi) is 4.48. The van der Waals surface area contributed by atoms with Crippen LogP contribution in [0.4, 0.5) is 10.5 Å². The average Bonchev–Trinajstić information content (AvgIpc) is 2.89. The summed E-state index contributed by atoms with van der Waals surface area (Å²) in [5.41, 5.74) is 4.51. The molecule has 3 heterocycles. The molecule has 29 heavy (non-hydrogen) atoms. The van der Waals surface area contributed by atoms with Crippen LogP contribution in [0.2, 0.25) is 10.0 Å². The zero-order chi connectivity index (χ0) is 20.3. The number of halogens is 2. The summed E-state index contributed by atoms with van der Waals surface area (Å²) in [6, 6.07) is 9.64. The van der Waals surface area contributed by atoms with Gasteiger partial charge in [0.25, 0.3) is 0 Å². The van der Waals surface area contributed by atoms with Gasteiger partial charge in [0.2, 0.25) is 0 Å². The quantitative estimate of drug-likeness (QED) is 0.667. The van der Waals surface area contributed by atoms with Gasteiger partial charge in [0.1, 0.15) is 0 Å². The number of piperidine rings is 1. The number of ketones is 1. The lowest BCUT2D eigenvalue weighted by Gasteiger charge is -2.37. The molecule has 0 aliphatic carbocycles. The Morgan fingerprint density at radius 3 is 2.69 bits per heavy atom. The molecule has 5 rings (SSSR count). The zero-order valence-electron chi connectivity index (χ0n) is 15.7. The van der Waals surface area contributed by atoms with Crippen molar-refractivity contribution >= 4 is 40.8 Å². The first-order valence-corrected chi connectivity index (χ1v) is 10.6. The van der Waals surface area contributed by atoms with E-state index in [4.69, 9.17) is 23.2 Å². The highest BCUT2D eigenvalue weighted by Crippen LogP contribution is 2.50. The van der Waals surface area contributed by atoms with Crippen LogP contribution in [0.25, 0.3) is 11.1 Å². The van der Waals surface area contributed by atoms with E-state index >= 15 is 0 Å². The minimum Gasteiger partial charge on any atom is -0.465 e. The highest BCUT2D eigenvalue weighted by molar-refractivity contribution is 6.36. The third-order valence-corrected chi connectivity index (χ3v) is 6.97. The molecule has 7 heteroatoms. The summed E-state index contributed by atoms with van der Waals surface area (Å²) in [7, 11) is 0. The van der Waals surface area contributed by atoms with Crippen LogP contribution in [-0.2, 0) is 0 Å². The van der Waals surface area contributed by atoms with Crippen LogP contribution in [-0.4, -0.2) is 47.6 Å². The second-order valence-corrected chi connectivity index (χ2v) is 8.84. The highest BCUT2D eigenvalue weighted by Gasteiger charge is 2.45. The maximum Gasteiger partial charge on any atom is 0.407 e. The molecule has 0 bridgehead atoms. The van der Waals surface area contributed by atoms with Crippen molar-refractivity contribution < 1.29 is 14.7 Å². The molecule has 1 fully saturated rings. The van der Waals surface area contributed by atoms with Gasteiger partial charge < -0.3 is 14.9 Å². The van der Waals surface area contributed by atoms with Gasteiger partial charge in [0.05, 0.1) is 5.69 Å². The third-order valence-electron chi connectivity index (χ3n) is 6.42. The average molecular weight is 431 g/mol. The molecule has 0 radical (unpaired) electrons. The lowest BCUT2D eigenvalue weighted by Crippen LogP contribution is -2.48. The van der Waals surface area contributed by atoms with Gasteiger partial charge in [-0.25, -0.2) is 4.79 Å². The number of fused-ring (bicyclic) bond motifs is 3. The van der Waals surface area contributed by atoms with Crippen LogP contribution >= 0.6 is 23.2 Å². The zero-order valence-corrected chi connectivity index (χ0v) is 17.2. The second kappa shape index (κ2) is 6.92. The van der Waals surface area contributed by atoms with E-state index in [1.807, 2.05) is 12.1 Å². The molecule has 2 atom stereocenters. The Morgan fingerprint density at radius 2 is 1.93 bits per heavy atom. The third kappa shape index (κ3) is 2.99. The molecule has 1 N–H and O–H groups in total. The second-order valence-electron chi connectivity index (χ2n) is 8.00. The van der Waals surface area contributed by atoms with Gasteiger partial charge in [-0.15, -0.1) is 0 Å². The summed E-state index contributed by atoms with van der Waals surface area (Å²) in [5.74, 6) is 0.204. The van der Waals surface area contributed by atoms with Crippen LogP contribution in [0, 0.1) is 0 Å². The molecular formula is C22H20Cl2N2O3. The normalized spacial score (nSPS) is 22.9. The minimum atomic E-state index is -0.885. The van der Waals surface area contributed by atoms with Crippen molar-refractivity contribution in [2.75, 3.05) is 24.5 Å². The number of carbonyl (C=O) groups is 2. The SMILES string of the molecule is O=C1CCCN2c3c1cc(-c1ccc(Cl)cc1Cl)cc3[C@H]1CN(C(=O)O)CC[C@H]12. The fourth-order valence-corrected chi connectivity index (χ4v) is 5.65. The molecule has 3 aliphatic heterocycles. The summed E-state index contributed by atoms with van der Waals surface area (Å²) in [5, 5.41) is 10.6. The number of carbonyl (C=O) groups excluding carboxylic acids is 1. The van der Waals surface area contributed by atoms with Crippen molar-refractivity contribution in [3.8, 4) is 11.1 Å². The molecule has 1 saturated heterocycles. The van der Waals surface area contributed by atoms with Crippen LogP contribution in [0.1, 0.15) is 41.1 Å². The lowest BCUT2D eigenvalue weighted by molar-refractivity contribution is 0.0982. The number of likely N-dealkylation sites (tertiary alicyclic amines) is 1. The number of anilines is 1. The van der Waals surface area contributed by atoms with E-state index in [1.54, 1.807) is 12.1 Å². The summed E-state index contributed by atoms with van der Waals surface area (Å²) < 4.78 is 0. The van der Waals surface area contributed by atoms with E-state index < -0.39 is 6.09 Å². The minimum absolute atomic E-state index is 0.0607. The summed E-state index contributed by atoms with van der Waals surface area (Å²) in [6.45, 7) is 1.82. The van der Waals surface area contributed by atoms with E-state index in [2.05, 4.69) is 11.0 Å². The molecule has 0 aromatic heterocycles. The van der Waals surface area contributed by atoms with Crippen molar-refractivity contribution in [3.05, 3.63) is 51.5 Å². The number of rotatable bonds is 1. The van der Waals surface area contributed by atoms with Gasteiger partial charge in [0.15, 0.2) is 5.78 Å². The maximum atomic E-state index is 12.9. The lowest BCUT2D eigenvalue weighted by atomic mass is 9.86. The van der Waals surface area contributed by atoms with Gasteiger partial charge in [-0.2, -0.15) is 0 Å². The van der Waals surface area contributed by atoms with Gasteiger partial charge in [-0.05, 0) is 48.2 Å². The topological polar surface area (TPSA) is 60.9 Å². The molecule has 3 aliphatic rings. The highest BCUT2D eigenvalue weighted by atomic mass is 35.5. The number of nitrogens with zero attached hydrogens (tertiary/aromatic N) is 2. The molecule has 0 spiro atoms. The van der Waals surface area contributed by atoms with Crippen molar-refractivity contribution in [2.24, 2.45) is 0 Å². The summed E-state index contributed by atoms with van der Waals surface area (Å²) in [6.07, 6.45) is 1.23. The first-order chi connectivity index (χ1) is 13.9. The first kappa shape index (κ1) is 18.8. The fraction of sp³-hybridized carbons (Fsp3) is 0.364. The van der Waals surface area contributed by atoms with Crippen LogP contribution in [0.3, 0.4) is 0 Å². The number of carboxylic acid groups (broad SMARTS) is 1. The van der Waals surface area contributed by atoms with Crippen LogP contribution in [0.5, 0.6) is 0 Å². The number of benzene rings is 2. The standard InChI is InChI=1S/C22H20Cl2N2O3/c23-13-3-4-14(18(24)10-13)12-8-15-17-11-25(22(28)29)7-5-19(17)26-6-1-2-20(27)16(9-12)21(15)26/h3-4,8-10,17,19H,1-2,5-7,11H2,(H,28,29)/t17-,19-/m1/s1. The maximum absolute atomic E-state index is 12.9. The van der Waals surface area contributed by atoms with Gasteiger partial charge in [-0.3, -0.25) is 4.79 Å². The molecular weight excluding hydrogens is 411 g/mol. The predicted molar refractivity (Wildman–Crippen MR) is 114 cm³/mol. The fourth-order valence-electron chi connectivity index (χ4n) is 5.13. The smallest absolute Gasteiger partial charge is 0.407 e. The van der Waals surface area contributed by atoms with Crippen molar-refractivity contribution in [3.63, 3.8) is 0 Å². The van der Waals surface area contributed by atoms with E-state index in [1.165, 1.54) is 4.90 Å². The Labute approximate surface area is 178 Å². The monoisotopic (exact) mass is 430 g/mol. The number of Topliss-reactive ketones (excluding diaryl/α,β-unsaturated/α-hetero) is 1. The largest absolute Gasteiger partial charge is 0.465 e.